The monoisotopic (exact) mass is 360 g/mol. The molecular weight excluding hydrogens is 336 g/mol. The molecule has 0 unspecified atom stereocenters. The van der Waals surface area contributed by atoms with Gasteiger partial charge in [0, 0.05) is 13.1 Å². The van der Waals surface area contributed by atoms with Crippen molar-refractivity contribution in [2.75, 3.05) is 13.1 Å². The highest BCUT2D eigenvalue weighted by molar-refractivity contribution is 7.89. The normalized spacial score (nSPS) is 11.3. The summed E-state index contributed by atoms with van der Waals surface area (Å²) in [4.78, 5) is 12.2. The summed E-state index contributed by atoms with van der Waals surface area (Å²) in [7, 11) is -3.58. The Labute approximate surface area is 149 Å². The topological polar surface area (TPSA) is 75.3 Å². The molecule has 134 valence electrons. The van der Waals surface area contributed by atoms with Crippen LogP contribution < -0.4 is 10.0 Å². The van der Waals surface area contributed by atoms with Crippen molar-refractivity contribution >= 4 is 15.9 Å². The Kier molecular flexibility index (Phi) is 6.33. The van der Waals surface area contributed by atoms with E-state index >= 15 is 0 Å². The first-order valence-electron chi connectivity index (χ1n) is 8.18. The van der Waals surface area contributed by atoms with Crippen molar-refractivity contribution < 1.29 is 13.2 Å². The summed E-state index contributed by atoms with van der Waals surface area (Å²) in [5.74, 6) is -0.125. The van der Waals surface area contributed by atoms with Crippen LogP contribution in [0.1, 0.15) is 22.3 Å². The molecule has 0 aliphatic heterocycles. The Morgan fingerprint density at radius 3 is 2.40 bits per heavy atom. The molecule has 2 aromatic rings. The minimum absolute atomic E-state index is 0.125. The Hall–Kier alpha value is -2.18. The third kappa shape index (κ3) is 5.41. The fourth-order valence-electron chi connectivity index (χ4n) is 2.51. The fourth-order valence-corrected chi connectivity index (χ4v) is 3.87. The number of nitrogens with one attached hydrogen (secondary N) is 2. The lowest BCUT2D eigenvalue weighted by atomic mass is 10.1. The van der Waals surface area contributed by atoms with Gasteiger partial charge in [-0.3, -0.25) is 4.79 Å². The summed E-state index contributed by atoms with van der Waals surface area (Å²) >= 11 is 0. The molecule has 0 aliphatic rings. The van der Waals surface area contributed by atoms with Crippen LogP contribution in [0, 0.1) is 20.8 Å². The molecule has 0 atom stereocenters. The number of carbonyl (C=O) groups excluding carboxylic acids is 1. The number of amides is 1. The first-order valence-corrected chi connectivity index (χ1v) is 9.66. The van der Waals surface area contributed by atoms with E-state index in [1.54, 1.807) is 19.1 Å². The Morgan fingerprint density at radius 2 is 1.68 bits per heavy atom. The van der Waals surface area contributed by atoms with Crippen LogP contribution in [0.2, 0.25) is 0 Å². The third-order valence-electron chi connectivity index (χ3n) is 3.98. The summed E-state index contributed by atoms with van der Waals surface area (Å²) in [6, 6.07) is 13.0. The maximum atomic E-state index is 12.4. The fraction of sp³-hybridized carbons (Fsp3) is 0.316. The smallest absolute Gasteiger partial charge is 0.240 e. The minimum atomic E-state index is -3.58. The highest BCUT2D eigenvalue weighted by Gasteiger charge is 2.16. The lowest BCUT2D eigenvalue weighted by Crippen LogP contribution is -2.35. The molecule has 5 nitrogen and oxygen atoms in total. The van der Waals surface area contributed by atoms with Crippen molar-refractivity contribution in [3.63, 3.8) is 0 Å². The average molecular weight is 360 g/mol. The zero-order valence-electron chi connectivity index (χ0n) is 14.8. The van der Waals surface area contributed by atoms with Crippen molar-refractivity contribution in [1.29, 1.82) is 0 Å². The van der Waals surface area contributed by atoms with Gasteiger partial charge in [0.1, 0.15) is 0 Å². The van der Waals surface area contributed by atoms with Crippen LogP contribution in [0.15, 0.2) is 47.4 Å². The van der Waals surface area contributed by atoms with E-state index in [1.807, 2.05) is 44.2 Å². The zero-order valence-corrected chi connectivity index (χ0v) is 15.6. The molecule has 25 heavy (non-hydrogen) atoms. The molecule has 0 aliphatic carbocycles. The Morgan fingerprint density at radius 1 is 0.960 bits per heavy atom. The van der Waals surface area contributed by atoms with E-state index in [0.29, 0.717) is 5.56 Å². The van der Waals surface area contributed by atoms with Crippen molar-refractivity contribution in [1.82, 2.24) is 10.0 Å². The number of sulfonamides is 1. The first-order chi connectivity index (χ1) is 11.8. The van der Waals surface area contributed by atoms with Crippen molar-refractivity contribution in [3.8, 4) is 0 Å². The Balaban J connectivity index is 1.85. The van der Waals surface area contributed by atoms with E-state index in [4.69, 9.17) is 0 Å². The second-order valence-electron chi connectivity index (χ2n) is 6.12. The molecule has 2 rings (SSSR count). The average Bonchev–Trinajstić information content (AvgIpc) is 2.56. The summed E-state index contributed by atoms with van der Waals surface area (Å²) in [6.07, 6.45) is 0.288. The summed E-state index contributed by atoms with van der Waals surface area (Å²) in [5, 5.41) is 2.74. The highest BCUT2D eigenvalue weighted by Crippen LogP contribution is 2.16. The molecular formula is C19H24N2O3S. The van der Waals surface area contributed by atoms with Gasteiger partial charge in [-0.2, -0.15) is 0 Å². The van der Waals surface area contributed by atoms with E-state index in [2.05, 4.69) is 10.0 Å². The molecule has 0 saturated carbocycles. The first kappa shape index (κ1) is 19.1. The predicted octanol–water partition coefficient (Wildman–Crippen LogP) is 2.25. The van der Waals surface area contributed by atoms with Crippen LogP contribution in [0.25, 0.3) is 0 Å². The number of hydrogen-bond donors (Lipinski definition) is 2. The number of benzene rings is 2. The molecule has 0 fully saturated rings. The van der Waals surface area contributed by atoms with Crippen LogP contribution in [0.3, 0.4) is 0 Å². The summed E-state index contributed by atoms with van der Waals surface area (Å²) in [5.41, 5.74) is 3.61. The molecule has 6 heteroatoms. The van der Waals surface area contributed by atoms with Crippen LogP contribution in [-0.4, -0.2) is 27.4 Å². The van der Waals surface area contributed by atoms with Gasteiger partial charge in [-0.15, -0.1) is 0 Å². The number of hydrogen-bond acceptors (Lipinski definition) is 3. The van der Waals surface area contributed by atoms with Crippen LogP contribution in [0.4, 0.5) is 0 Å². The maximum Gasteiger partial charge on any atom is 0.240 e. The largest absolute Gasteiger partial charge is 0.355 e. The predicted molar refractivity (Wildman–Crippen MR) is 99.0 cm³/mol. The van der Waals surface area contributed by atoms with E-state index in [9.17, 15) is 13.2 Å². The standard InChI is InChI=1S/C19H24N2O3S/c1-14-8-9-16(3)18(12-14)25(23,24)21-11-10-20-19(22)13-17-7-5-4-6-15(17)2/h4-9,12,21H,10-11,13H2,1-3H3,(H,20,22). The minimum Gasteiger partial charge on any atom is -0.355 e. The van der Waals surface area contributed by atoms with Crippen LogP contribution in [-0.2, 0) is 21.2 Å². The van der Waals surface area contributed by atoms with Crippen molar-refractivity contribution in [3.05, 3.63) is 64.7 Å². The molecule has 0 saturated heterocycles. The molecule has 2 aromatic carbocycles. The van der Waals surface area contributed by atoms with Gasteiger partial charge in [0.25, 0.3) is 0 Å². The number of aryl methyl sites for hydroxylation is 3. The number of rotatable bonds is 7. The van der Waals surface area contributed by atoms with Crippen LogP contribution >= 0.6 is 0 Å². The van der Waals surface area contributed by atoms with Crippen molar-refractivity contribution in [2.45, 2.75) is 32.1 Å². The second kappa shape index (κ2) is 8.27. The van der Waals surface area contributed by atoms with Gasteiger partial charge >= 0.3 is 0 Å². The van der Waals surface area contributed by atoms with Gasteiger partial charge in [0.15, 0.2) is 0 Å². The van der Waals surface area contributed by atoms with Gasteiger partial charge < -0.3 is 5.32 Å². The van der Waals surface area contributed by atoms with Gasteiger partial charge in [-0.05, 0) is 49.1 Å². The maximum absolute atomic E-state index is 12.4. The van der Waals surface area contributed by atoms with Gasteiger partial charge in [-0.1, -0.05) is 36.4 Å². The summed E-state index contributed by atoms with van der Waals surface area (Å²) < 4.78 is 27.3. The molecule has 0 bridgehead atoms. The quantitative estimate of drug-likeness (QED) is 0.744. The van der Waals surface area contributed by atoms with Gasteiger partial charge in [0.05, 0.1) is 11.3 Å². The molecule has 2 N–H and O–H groups in total. The lowest BCUT2D eigenvalue weighted by Gasteiger charge is -2.11. The molecule has 0 heterocycles. The van der Waals surface area contributed by atoms with E-state index in [0.717, 1.165) is 16.7 Å². The van der Waals surface area contributed by atoms with Crippen LogP contribution in [0.5, 0.6) is 0 Å². The third-order valence-corrected chi connectivity index (χ3v) is 5.59. The second-order valence-corrected chi connectivity index (χ2v) is 7.86. The SMILES string of the molecule is Cc1ccc(C)c(S(=O)(=O)NCCNC(=O)Cc2ccccc2C)c1. The highest BCUT2D eigenvalue weighted by atomic mass is 32.2. The molecule has 1 amide bonds. The van der Waals surface area contributed by atoms with Gasteiger partial charge in [-0.25, -0.2) is 13.1 Å². The molecule has 0 radical (unpaired) electrons. The molecule has 0 spiro atoms. The lowest BCUT2D eigenvalue weighted by molar-refractivity contribution is -0.120. The molecule has 0 aromatic heterocycles. The van der Waals surface area contributed by atoms with E-state index < -0.39 is 10.0 Å². The summed E-state index contributed by atoms with van der Waals surface area (Å²) in [6.45, 7) is 5.97. The van der Waals surface area contributed by atoms with E-state index in [-0.39, 0.29) is 30.3 Å². The van der Waals surface area contributed by atoms with Gasteiger partial charge in [0.2, 0.25) is 15.9 Å². The van der Waals surface area contributed by atoms with Crippen molar-refractivity contribution in [2.24, 2.45) is 0 Å². The zero-order chi connectivity index (χ0) is 18.4. The van der Waals surface area contributed by atoms with E-state index in [1.165, 1.54) is 0 Å². The number of carbonyl (C=O) groups is 1. The Bertz CT molecular complexity index is 861.